The number of hydrogen-bond donors (Lipinski definition) is 3. The third-order valence-electron chi connectivity index (χ3n) is 8.66. The van der Waals surface area contributed by atoms with Crippen LogP contribution in [0.2, 0.25) is 0 Å². The second-order valence-corrected chi connectivity index (χ2v) is 15.6. The van der Waals surface area contributed by atoms with Gasteiger partial charge >= 0.3 is 25.7 Å². The topological polar surface area (TPSA) is 172 Å². The summed E-state index contributed by atoms with van der Waals surface area (Å²) in [5, 5.41) is 8.88. The van der Waals surface area contributed by atoms with E-state index in [4.69, 9.17) is 24.8 Å². The maximum atomic E-state index is 12.6. The van der Waals surface area contributed by atoms with E-state index in [1.54, 1.807) is 0 Å². The number of phosphoric acid groups is 1. The van der Waals surface area contributed by atoms with Gasteiger partial charge in [-0.25, -0.2) is 4.57 Å². The lowest BCUT2D eigenvalue weighted by atomic mass is 10.1. The number of aliphatic carboxylic acids is 1. The van der Waals surface area contributed by atoms with Crippen molar-refractivity contribution >= 4 is 25.7 Å². The smallest absolute Gasteiger partial charge is 0.472 e. The highest BCUT2D eigenvalue weighted by atomic mass is 31.2. The summed E-state index contributed by atoms with van der Waals surface area (Å²) in [6.07, 6.45) is 49.4. The van der Waals surface area contributed by atoms with Crippen molar-refractivity contribution in [2.45, 2.75) is 167 Å². The van der Waals surface area contributed by atoms with Crippen molar-refractivity contribution in [2.24, 2.45) is 5.73 Å². The molecule has 0 rings (SSSR count). The van der Waals surface area contributed by atoms with Crippen LogP contribution in [0.1, 0.15) is 155 Å². The number of hydrogen-bond acceptors (Lipinski definition) is 9. The Balaban J connectivity index is 4.54. The van der Waals surface area contributed by atoms with Gasteiger partial charge in [-0.1, -0.05) is 150 Å². The second-order valence-electron chi connectivity index (χ2n) is 14.1. The van der Waals surface area contributed by atoms with Gasteiger partial charge in [-0.3, -0.25) is 23.4 Å². The van der Waals surface area contributed by atoms with Crippen molar-refractivity contribution in [2.75, 3.05) is 19.8 Å². The molecule has 0 aromatic rings. The van der Waals surface area contributed by atoms with Crippen LogP contribution in [0.4, 0.5) is 0 Å². The molecule has 0 spiro atoms. The maximum Gasteiger partial charge on any atom is 0.472 e. The lowest BCUT2D eigenvalue weighted by Crippen LogP contribution is -2.34. The molecule has 1 unspecified atom stereocenters. The maximum absolute atomic E-state index is 12.6. The fourth-order valence-electron chi connectivity index (χ4n) is 5.21. The Kier molecular flexibility index (Phi) is 38.1. The van der Waals surface area contributed by atoms with Crippen LogP contribution in [0.15, 0.2) is 85.1 Å². The van der Waals surface area contributed by atoms with Gasteiger partial charge in [0, 0.05) is 12.8 Å². The number of carboxylic acid groups (broad SMARTS) is 1. The summed E-state index contributed by atoms with van der Waals surface area (Å²) in [7, 11) is -4.74. The van der Waals surface area contributed by atoms with E-state index in [0.29, 0.717) is 12.8 Å². The summed E-state index contributed by atoms with van der Waals surface area (Å²) < 4.78 is 32.6. The number of ether oxygens (including phenoxy) is 2. The zero-order chi connectivity index (χ0) is 42.8. The van der Waals surface area contributed by atoms with E-state index >= 15 is 0 Å². The molecule has 0 aliphatic carbocycles. The van der Waals surface area contributed by atoms with Crippen molar-refractivity contribution in [3.63, 3.8) is 0 Å². The number of rotatable bonds is 39. The molecule has 58 heavy (non-hydrogen) atoms. The number of phosphoric ester groups is 1. The summed E-state index contributed by atoms with van der Waals surface area (Å²) in [5.74, 6) is -2.51. The summed E-state index contributed by atoms with van der Waals surface area (Å²) in [6.45, 7) is 2.64. The van der Waals surface area contributed by atoms with Crippen LogP contribution < -0.4 is 5.73 Å². The number of carbonyl (C=O) groups excluding carboxylic acids is 2. The van der Waals surface area contributed by atoms with E-state index in [1.807, 2.05) is 12.2 Å². The first-order valence-electron chi connectivity index (χ1n) is 21.6. The molecule has 3 atom stereocenters. The van der Waals surface area contributed by atoms with Gasteiger partial charge in [0.15, 0.2) is 6.10 Å². The first-order chi connectivity index (χ1) is 28.1. The number of carboxylic acids is 1. The first kappa shape index (κ1) is 54.7. The van der Waals surface area contributed by atoms with Crippen LogP contribution in [0.5, 0.6) is 0 Å². The van der Waals surface area contributed by atoms with Crippen molar-refractivity contribution in [3.05, 3.63) is 85.1 Å². The molecule has 4 N–H and O–H groups in total. The quantitative estimate of drug-likeness (QED) is 0.0177. The molecule has 11 nitrogen and oxygen atoms in total. The molecule has 0 aromatic carbocycles. The summed E-state index contributed by atoms with van der Waals surface area (Å²) in [4.78, 5) is 45.9. The Morgan fingerprint density at radius 1 is 0.552 bits per heavy atom. The van der Waals surface area contributed by atoms with Gasteiger partial charge in [0.25, 0.3) is 0 Å². The molecule has 0 fully saturated rings. The van der Waals surface area contributed by atoms with E-state index in [0.717, 1.165) is 64.2 Å². The molecule has 0 saturated carbocycles. The van der Waals surface area contributed by atoms with E-state index in [1.165, 1.54) is 51.4 Å². The highest BCUT2D eigenvalue weighted by molar-refractivity contribution is 7.47. The molecule has 0 heterocycles. The average Bonchev–Trinajstić information content (AvgIpc) is 3.20. The van der Waals surface area contributed by atoms with Gasteiger partial charge < -0.3 is 25.2 Å². The second kappa shape index (κ2) is 40.4. The Labute approximate surface area is 350 Å². The molecule has 330 valence electrons. The molecule has 0 radical (unpaired) electrons. The molecular formula is C46H76NO10P. The van der Waals surface area contributed by atoms with Crippen LogP contribution in [-0.2, 0) is 37.5 Å². The fraction of sp³-hybridized carbons (Fsp3) is 0.630. The number of unbranched alkanes of at least 4 members (excludes halogenated alkanes) is 12. The van der Waals surface area contributed by atoms with Crippen molar-refractivity contribution in [1.82, 2.24) is 0 Å². The molecule has 0 amide bonds. The zero-order valence-corrected chi connectivity index (χ0v) is 36.5. The van der Waals surface area contributed by atoms with E-state index in [2.05, 4.69) is 91.3 Å². The van der Waals surface area contributed by atoms with Gasteiger partial charge in [-0.2, -0.15) is 0 Å². The summed E-state index contributed by atoms with van der Waals surface area (Å²) in [5.41, 5.74) is 5.32. The lowest BCUT2D eigenvalue weighted by Gasteiger charge is -2.20. The van der Waals surface area contributed by atoms with E-state index in [9.17, 15) is 23.8 Å². The van der Waals surface area contributed by atoms with Crippen LogP contribution in [0.3, 0.4) is 0 Å². The fourth-order valence-corrected chi connectivity index (χ4v) is 5.99. The highest BCUT2D eigenvalue weighted by Crippen LogP contribution is 2.43. The minimum atomic E-state index is -4.74. The van der Waals surface area contributed by atoms with E-state index < -0.39 is 57.7 Å². The minimum Gasteiger partial charge on any atom is -0.480 e. The number of carbonyl (C=O) groups is 3. The predicted molar refractivity (Wildman–Crippen MR) is 235 cm³/mol. The molecular weight excluding hydrogens is 757 g/mol. The summed E-state index contributed by atoms with van der Waals surface area (Å²) >= 11 is 0. The standard InChI is InChI=1S/C46H76NO10P/c1-3-5-7-9-11-13-15-17-19-20-21-22-24-25-27-29-31-33-35-37-44(48)54-39-42(40-55-58(52,53)56-41-43(47)46(50)51)57-45(49)38-36-34-32-30-28-26-23-18-16-14-12-10-8-6-4-2/h11,13-14,16-19,21-23,25,27,31,33,42-43H,3-10,12,15,20,24,26,28-30,32,34-41,47H2,1-2H3,(H,50,51)(H,52,53)/b13-11+,16-14+,19-17+,22-21+,23-18+,27-25+,33-31+/t42-,43+/m1/s1. The number of nitrogens with two attached hydrogens (primary N) is 1. The van der Waals surface area contributed by atoms with Crippen molar-refractivity contribution in [3.8, 4) is 0 Å². The Morgan fingerprint density at radius 3 is 1.57 bits per heavy atom. The summed E-state index contributed by atoms with van der Waals surface area (Å²) in [6, 6.07) is -1.54. The van der Waals surface area contributed by atoms with Gasteiger partial charge in [0.05, 0.1) is 13.2 Å². The number of esters is 2. The molecule has 0 aromatic heterocycles. The van der Waals surface area contributed by atoms with Crippen LogP contribution in [-0.4, -0.2) is 59.9 Å². The Hall–Kier alpha value is -3.34. The monoisotopic (exact) mass is 834 g/mol. The SMILES string of the molecule is CCCCC/C=C/C/C=C/C/C=C/C/C=C/C/C=C/CCC(=O)OC[C@H](COP(=O)(O)OC[C@H](N)C(=O)O)OC(=O)CCCCCCC/C=C/C=C/CCCCCC. The molecule has 0 saturated heterocycles. The van der Waals surface area contributed by atoms with Crippen LogP contribution in [0, 0.1) is 0 Å². The van der Waals surface area contributed by atoms with Crippen molar-refractivity contribution in [1.29, 1.82) is 0 Å². The third-order valence-corrected chi connectivity index (χ3v) is 9.61. The van der Waals surface area contributed by atoms with Crippen LogP contribution in [0.25, 0.3) is 0 Å². The molecule has 0 aliphatic rings. The third kappa shape index (κ3) is 39.5. The average molecular weight is 834 g/mol. The van der Waals surface area contributed by atoms with Crippen molar-refractivity contribution < 1.29 is 47.5 Å². The van der Waals surface area contributed by atoms with Gasteiger partial charge in [0.2, 0.25) is 0 Å². The van der Waals surface area contributed by atoms with E-state index in [-0.39, 0.29) is 12.8 Å². The lowest BCUT2D eigenvalue weighted by molar-refractivity contribution is -0.161. The van der Waals surface area contributed by atoms with Gasteiger partial charge in [-0.15, -0.1) is 0 Å². The molecule has 0 bridgehead atoms. The Bertz CT molecular complexity index is 1300. The largest absolute Gasteiger partial charge is 0.480 e. The zero-order valence-electron chi connectivity index (χ0n) is 35.6. The predicted octanol–water partition coefficient (Wildman–Crippen LogP) is 11.5. The normalized spacial score (nSPS) is 14.6. The highest BCUT2D eigenvalue weighted by Gasteiger charge is 2.28. The Morgan fingerprint density at radius 2 is 1.00 bits per heavy atom. The number of allylic oxidation sites excluding steroid dienone is 14. The molecule has 12 heteroatoms. The van der Waals surface area contributed by atoms with Crippen LogP contribution >= 0.6 is 7.82 Å². The molecule has 0 aliphatic heterocycles. The van der Waals surface area contributed by atoms with Gasteiger partial charge in [-0.05, 0) is 77.0 Å². The van der Waals surface area contributed by atoms with Gasteiger partial charge in [0.1, 0.15) is 12.6 Å². The first-order valence-corrected chi connectivity index (χ1v) is 23.1. The minimum absolute atomic E-state index is 0.0902.